The number of aryl methyl sites for hydroxylation is 1. The molecule has 0 bridgehead atoms. The number of primary amides is 1. The highest BCUT2D eigenvalue weighted by Crippen LogP contribution is 2.42. The fourth-order valence-electron chi connectivity index (χ4n) is 3.33. The Labute approximate surface area is 179 Å². The number of aromatic nitrogens is 2. The normalized spacial score (nSPS) is 13.1. The van der Waals surface area contributed by atoms with E-state index in [-0.39, 0.29) is 5.91 Å². The van der Waals surface area contributed by atoms with Gasteiger partial charge in [0, 0.05) is 23.2 Å². The maximum atomic E-state index is 12.9. The molecule has 1 fully saturated rings. The molecule has 7 nitrogen and oxygen atoms in total. The van der Waals surface area contributed by atoms with Gasteiger partial charge in [-0.3, -0.25) is 4.79 Å². The molecule has 8 heteroatoms. The SMILES string of the molecule is Cc1ccc(-n2ncc(C(=O)NCc3ccc(NC(N)=O)cc3)c2C2CC2)cc1Cl. The molecule has 30 heavy (non-hydrogen) atoms. The van der Waals surface area contributed by atoms with Crippen LogP contribution in [0.15, 0.2) is 48.7 Å². The highest BCUT2D eigenvalue weighted by Gasteiger charge is 2.33. The van der Waals surface area contributed by atoms with Gasteiger partial charge in [0.05, 0.1) is 23.1 Å². The van der Waals surface area contributed by atoms with Crippen molar-refractivity contribution in [1.82, 2.24) is 15.1 Å². The Balaban J connectivity index is 1.51. The molecule has 3 amide bonds. The molecule has 0 saturated heterocycles. The zero-order valence-electron chi connectivity index (χ0n) is 16.5. The van der Waals surface area contributed by atoms with E-state index in [0.29, 0.717) is 28.7 Å². The third-order valence-corrected chi connectivity index (χ3v) is 5.50. The number of urea groups is 1. The minimum absolute atomic E-state index is 0.166. The second kappa shape index (κ2) is 8.20. The van der Waals surface area contributed by atoms with Gasteiger partial charge in [0.15, 0.2) is 0 Å². The van der Waals surface area contributed by atoms with E-state index in [1.807, 2.05) is 41.9 Å². The molecular formula is C22H22ClN5O2. The van der Waals surface area contributed by atoms with Crippen molar-refractivity contribution in [1.29, 1.82) is 0 Å². The topological polar surface area (TPSA) is 102 Å². The van der Waals surface area contributed by atoms with Gasteiger partial charge in [-0.1, -0.05) is 29.8 Å². The Bertz CT molecular complexity index is 1100. The summed E-state index contributed by atoms with van der Waals surface area (Å²) in [5.41, 5.74) is 9.97. The standard InChI is InChI=1S/C22H22ClN5O2/c1-13-2-9-17(10-19(13)23)28-20(15-5-6-15)18(12-26-28)21(29)25-11-14-3-7-16(8-4-14)27-22(24)30/h2-4,7-10,12,15H,5-6,11H2,1H3,(H,25,29)(H3,24,27,30). The Hall–Kier alpha value is -3.32. The van der Waals surface area contributed by atoms with Crippen molar-refractivity contribution in [2.24, 2.45) is 5.73 Å². The van der Waals surface area contributed by atoms with Gasteiger partial charge in [-0.2, -0.15) is 5.10 Å². The summed E-state index contributed by atoms with van der Waals surface area (Å²) in [5.74, 6) is 0.160. The number of carbonyl (C=O) groups is 2. The van der Waals surface area contributed by atoms with Gasteiger partial charge in [0.2, 0.25) is 0 Å². The summed E-state index contributed by atoms with van der Waals surface area (Å²) in [4.78, 5) is 23.8. The predicted octanol–water partition coefficient (Wildman–Crippen LogP) is 4.13. The molecule has 0 spiro atoms. The first-order chi connectivity index (χ1) is 14.4. The number of nitrogens with two attached hydrogens (primary N) is 1. The average molecular weight is 424 g/mol. The van der Waals surface area contributed by atoms with Crippen LogP contribution in [0.3, 0.4) is 0 Å². The monoisotopic (exact) mass is 423 g/mol. The van der Waals surface area contributed by atoms with Crippen molar-refractivity contribution >= 4 is 29.2 Å². The third-order valence-electron chi connectivity index (χ3n) is 5.09. The van der Waals surface area contributed by atoms with Gasteiger partial charge < -0.3 is 16.4 Å². The molecule has 154 valence electrons. The minimum Gasteiger partial charge on any atom is -0.351 e. The molecule has 1 saturated carbocycles. The van der Waals surface area contributed by atoms with Crippen molar-refractivity contribution in [2.75, 3.05) is 5.32 Å². The zero-order valence-corrected chi connectivity index (χ0v) is 17.2. The van der Waals surface area contributed by atoms with Gasteiger partial charge in [0.25, 0.3) is 5.91 Å². The van der Waals surface area contributed by atoms with Crippen LogP contribution in [-0.2, 0) is 6.54 Å². The molecule has 1 aromatic heterocycles. The number of amides is 3. The predicted molar refractivity (Wildman–Crippen MR) is 116 cm³/mol. The summed E-state index contributed by atoms with van der Waals surface area (Å²) in [6.07, 6.45) is 3.70. The third kappa shape index (κ3) is 4.31. The van der Waals surface area contributed by atoms with Crippen molar-refractivity contribution < 1.29 is 9.59 Å². The van der Waals surface area contributed by atoms with Crippen LogP contribution in [0.5, 0.6) is 0 Å². The smallest absolute Gasteiger partial charge is 0.316 e. The van der Waals surface area contributed by atoms with Crippen LogP contribution in [0.2, 0.25) is 5.02 Å². The van der Waals surface area contributed by atoms with Crippen LogP contribution >= 0.6 is 11.6 Å². The molecule has 1 aliphatic carbocycles. The second-order valence-electron chi connectivity index (χ2n) is 7.43. The molecule has 0 unspecified atom stereocenters. The summed E-state index contributed by atoms with van der Waals surface area (Å²) in [5, 5.41) is 10.6. The quantitative estimate of drug-likeness (QED) is 0.555. The number of halogens is 1. The van der Waals surface area contributed by atoms with Crippen LogP contribution in [0.25, 0.3) is 5.69 Å². The van der Waals surface area contributed by atoms with Gasteiger partial charge in [-0.25, -0.2) is 9.48 Å². The largest absolute Gasteiger partial charge is 0.351 e. The van der Waals surface area contributed by atoms with Crippen LogP contribution in [0.1, 0.15) is 45.9 Å². The Morgan fingerprint density at radius 3 is 2.57 bits per heavy atom. The number of benzene rings is 2. The molecule has 4 rings (SSSR count). The highest BCUT2D eigenvalue weighted by atomic mass is 35.5. The van der Waals surface area contributed by atoms with Crippen LogP contribution in [0, 0.1) is 6.92 Å². The maximum absolute atomic E-state index is 12.9. The number of hydrogen-bond acceptors (Lipinski definition) is 3. The van der Waals surface area contributed by atoms with Gasteiger partial charge in [-0.15, -0.1) is 0 Å². The minimum atomic E-state index is -0.615. The number of rotatable bonds is 6. The van der Waals surface area contributed by atoms with Crippen molar-refractivity contribution in [3.63, 3.8) is 0 Å². The van der Waals surface area contributed by atoms with Crippen LogP contribution < -0.4 is 16.4 Å². The van der Waals surface area contributed by atoms with E-state index in [4.69, 9.17) is 17.3 Å². The molecule has 0 atom stereocenters. The maximum Gasteiger partial charge on any atom is 0.316 e. The molecule has 1 heterocycles. The Morgan fingerprint density at radius 1 is 1.20 bits per heavy atom. The number of nitrogens with zero attached hydrogens (tertiary/aromatic N) is 2. The first-order valence-electron chi connectivity index (χ1n) is 9.70. The van der Waals surface area contributed by atoms with Gasteiger partial charge in [-0.05, 0) is 55.2 Å². The zero-order chi connectivity index (χ0) is 21.3. The van der Waals surface area contributed by atoms with Gasteiger partial charge in [0.1, 0.15) is 0 Å². The lowest BCUT2D eigenvalue weighted by molar-refractivity contribution is 0.0950. The van der Waals surface area contributed by atoms with E-state index in [0.717, 1.165) is 35.3 Å². The lowest BCUT2D eigenvalue weighted by atomic mass is 10.1. The first-order valence-corrected chi connectivity index (χ1v) is 10.1. The van der Waals surface area contributed by atoms with E-state index in [1.165, 1.54) is 0 Å². The van der Waals surface area contributed by atoms with E-state index in [1.54, 1.807) is 18.3 Å². The molecule has 2 aromatic carbocycles. The van der Waals surface area contributed by atoms with Crippen molar-refractivity contribution in [3.05, 3.63) is 76.1 Å². The van der Waals surface area contributed by atoms with E-state index >= 15 is 0 Å². The van der Waals surface area contributed by atoms with Crippen LogP contribution in [-0.4, -0.2) is 21.7 Å². The lowest BCUT2D eigenvalue weighted by Crippen LogP contribution is -2.24. The number of carbonyl (C=O) groups excluding carboxylic acids is 2. The molecular weight excluding hydrogens is 402 g/mol. The van der Waals surface area contributed by atoms with Crippen molar-refractivity contribution in [3.8, 4) is 5.69 Å². The summed E-state index contributed by atoms with van der Waals surface area (Å²) >= 11 is 6.29. The second-order valence-corrected chi connectivity index (χ2v) is 7.84. The molecule has 3 aromatic rings. The lowest BCUT2D eigenvalue weighted by Gasteiger charge is -2.11. The summed E-state index contributed by atoms with van der Waals surface area (Å²) in [6, 6.07) is 12.3. The number of hydrogen-bond donors (Lipinski definition) is 3. The molecule has 1 aliphatic rings. The Kier molecular flexibility index (Phi) is 5.46. The van der Waals surface area contributed by atoms with E-state index < -0.39 is 6.03 Å². The average Bonchev–Trinajstić information content (AvgIpc) is 3.46. The summed E-state index contributed by atoms with van der Waals surface area (Å²) < 4.78 is 1.82. The Morgan fingerprint density at radius 2 is 1.93 bits per heavy atom. The summed E-state index contributed by atoms with van der Waals surface area (Å²) in [7, 11) is 0. The van der Waals surface area contributed by atoms with Gasteiger partial charge >= 0.3 is 6.03 Å². The van der Waals surface area contributed by atoms with Crippen LogP contribution in [0.4, 0.5) is 10.5 Å². The number of anilines is 1. The molecule has 4 N–H and O–H groups in total. The summed E-state index contributed by atoms with van der Waals surface area (Å²) in [6.45, 7) is 2.31. The fourth-order valence-corrected chi connectivity index (χ4v) is 3.50. The highest BCUT2D eigenvalue weighted by molar-refractivity contribution is 6.31. The number of nitrogens with one attached hydrogen (secondary N) is 2. The van der Waals surface area contributed by atoms with E-state index in [2.05, 4.69) is 15.7 Å². The van der Waals surface area contributed by atoms with E-state index in [9.17, 15) is 9.59 Å². The fraction of sp³-hybridized carbons (Fsp3) is 0.227. The molecule has 0 aliphatic heterocycles. The first kappa shape index (κ1) is 20.0. The van der Waals surface area contributed by atoms with Crippen molar-refractivity contribution in [2.45, 2.75) is 32.2 Å². The molecule has 0 radical (unpaired) electrons.